The van der Waals surface area contributed by atoms with Gasteiger partial charge in [-0.3, -0.25) is 0 Å². The van der Waals surface area contributed by atoms with E-state index in [2.05, 4.69) is 31.0 Å². The average Bonchev–Trinajstić information content (AvgIpc) is 2.61. The number of pyridine rings is 1. The summed E-state index contributed by atoms with van der Waals surface area (Å²) in [6.45, 7) is 4.59. The van der Waals surface area contributed by atoms with Crippen LogP contribution in [0.2, 0.25) is 0 Å². The van der Waals surface area contributed by atoms with Gasteiger partial charge in [0.1, 0.15) is 0 Å². The van der Waals surface area contributed by atoms with Crippen molar-refractivity contribution >= 4 is 0 Å². The standard InChI is InChI=1S/C21H25F2N/c1-3-15-4-6-16(7-5-15)14(2)17-8-10-18(11-9-17)19-12-13-20(22)24-21(19)23/h8-16H,3-7H2,1-2H3. The third-order valence-corrected chi connectivity index (χ3v) is 5.74. The lowest BCUT2D eigenvalue weighted by Gasteiger charge is -2.32. The van der Waals surface area contributed by atoms with Gasteiger partial charge in [0.2, 0.25) is 11.9 Å². The molecule has 0 aliphatic heterocycles. The number of nitrogens with zero attached hydrogens (tertiary/aromatic N) is 1. The Morgan fingerprint density at radius 1 is 1.00 bits per heavy atom. The molecule has 1 atom stereocenters. The van der Waals surface area contributed by atoms with E-state index >= 15 is 0 Å². The lowest BCUT2D eigenvalue weighted by molar-refractivity contribution is 0.244. The van der Waals surface area contributed by atoms with Crippen molar-refractivity contribution in [3.63, 3.8) is 0 Å². The van der Waals surface area contributed by atoms with Crippen LogP contribution in [-0.4, -0.2) is 4.98 Å². The summed E-state index contributed by atoms with van der Waals surface area (Å²) in [5.74, 6) is 0.624. The van der Waals surface area contributed by atoms with Gasteiger partial charge in [0.05, 0.1) is 0 Å². The van der Waals surface area contributed by atoms with Crippen LogP contribution in [0.25, 0.3) is 11.1 Å². The molecule has 24 heavy (non-hydrogen) atoms. The van der Waals surface area contributed by atoms with E-state index in [0.717, 1.165) is 17.4 Å². The molecule has 128 valence electrons. The Morgan fingerprint density at radius 3 is 2.25 bits per heavy atom. The summed E-state index contributed by atoms with van der Waals surface area (Å²) in [6, 6.07) is 10.6. The Balaban J connectivity index is 1.72. The minimum Gasteiger partial charge on any atom is -0.190 e. The van der Waals surface area contributed by atoms with Crippen LogP contribution in [0, 0.1) is 23.7 Å². The van der Waals surface area contributed by atoms with Crippen molar-refractivity contribution < 1.29 is 8.78 Å². The number of hydrogen-bond acceptors (Lipinski definition) is 1. The normalized spacial score (nSPS) is 22.3. The fourth-order valence-corrected chi connectivity index (χ4v) is 3.96. The molecule has 1 saturated carbocycles. The van der Waals surface area contributed by atoms with E-state index < -0.39 is 11.9 Å². The number of benzene rings is 1. The fraction of sp³-hybridized carbons (Fsp3) is 0.476. The van der Waals surface area contributed by atoms with Gasteiger partial charge < -0.3 is 0 Å². The smallest absolute Gasteiger partial charge is 0.190 e. The van der Waals surface area contributed by atoms with Crippen molar-refractivity contribution in [2.24, 2.45) is 11.8 Å². The topological polar surface area (TPSA) is 12.9 Å². The molecule has 1 fully saturated rings. The minimum absolute atomic E-state index is 0.346. The quantitative estimate of drug-likeness (QED) is 0.596. The molecule has 1 unspecified atom stereocenters. The molecule has 3 rings (SSSR count). The second kappa shape index (κ2) is 7.42. The van der Waals surface area contributed by atoms with Gasteiger partial charge in [-0.05, 0) is 53.9 Å². The summed E-state index contributed by atoms with van der Waals surface area (Å²) >= 11 is 0. The van der Waals surface area contributed by atoms with Gasteiger partial charge in [0.15, 0.2) is 0 Å². The van der Waals surface area contributed by atoms with E-state index in [-0.39, 0.29) is 0 Å². The van der Waals surface area contributed by atoms with Crippen LogP contribution < -0.4 is 0 Å². The highest BCUT2D eigenvalue weighted by atomic mass is 19.1. The SMILES string of the molecule is CCC1CCC(C(C)c2ccc(-c3ccc(F)nc3F)cc2)CC1. The van der Waals surface area contributed by atoms with E-state index in [0.29, 0.717) is 11.5 Å². The first-order chi connectivity index (χ1) is 11.6. The molecule has 0 saturated heterocycles. The van der Waals surface area contributed by atoms with E-state index in [1.54, 1.807) is 0 Å². The van der Waals surface area contributed by atoms with Crippen molar-refractivity contribution in [3.05, 3.63) is 53.9 Å². The first kappa shape index (κ1) is 17.1. The molecule has 3 heteroatoms. The van der Waals surface area contributed by atoms with E-state index in [9.17, 15) is 8.78 Å². The van der Waals surface area contributed by atoms with Crippen LogP contribution in [0.15, 0.2) is 36.4 Å². The third-order valence-electron chi connectivity index (χ3n) is 5.74. The largest absolute Gasteiger partial charge is 0.223 e. The Kier molecular flexibility index (Phi) is 5.27. The molecule has 1 heterocycles. The first-order valence-corrected chi connectivity index (χ1v) is 9.00. The van der Waals surface area contributed by atoms with Gasteiger partial charge in [-0.1, -0.05) is 57.4 Å². The minimum atomic E-state index is -0.788. The summed E-state index contributed by atoms with van der Waals surface area (Å²) in [7, 11) is 0. The predicted octanol–water partition coefficient (Wildman–Crippen LogP) is 6.35. The second-order valence-corrected chi connectivity index (χ2v) is 7.07. The maximum absolute atomic E-state index is 13.8. The molecular formula is C21H25F2N. The summed E-state index contributed by atoms with van der Waals surface area (Å²) in [6.07, 6.45) is 6.59. The Bertz CT molecular complexity index is 673. The first-order valence-electron chi connectivity index (χ1n) is 9.00. The van der Waals surface area contributed by atoms with Gasteiger partial charge in [0, 0.05) is 5.56 Å². The Labute approximate surface area is 143 Å². The fourth-order valence-electron chi connectivity index (χ4n) is 3.96. The number of rotatable bonds is 4. The van der Waals surface area contributed by atoms with Crippen LogP contribution in [0.5, 0.6) is 0 Å². The molecule has 1 aromatic heterocycles. The van der Waals surface area contributed by atoms with Crippen molar-refractivity contribution in [2.45, 2.75) is 51.9 Å². The second-order valence-electron chi connectivity index (χ2n) is 7.07. The molecule has 0 amide bonds. The van der Waals surface area contributed by atoms with E-state index in [1.807, 2.05) is 12.1 Å². The zero-order valence-corrected chi connectivity index (χ0v) is 14.4. The highest BCUT2D eigenvalue weighted by Gasteiger charge is 2.25. The van der Waals surface area contributed by atoms with Crippen LogP contribution >= 0.6 is 0 Å². The number of halogens is 2. The molecule has 1 aliphatic carbocycles. The zero-order chi connectivity index (χ0) is 17.1. The van der Waals surface area contributed by atoms with Crippen molar-refractivity contribution in [1.82, 2.24) is 4.98 Å². The molecule has 0 spiro atoms. The lowest BCUT2D eigenvalue weighted by Crippen LogP contribution is -2.18. The predicted molar refractivity (Wildman–Crippen MR) is 93.7 cm³/mol. The van der Waals surface area contributed by atoms with E-state index in [4.69, 9.17) is 0 Å². The van der Waals surface area contributed by atoms with Gasteiger partial charge in [-0.15, -0.1) is 0 Å². The van der Waals surface area contributed by atoms with Crippen LogP contribution in [0.1, 0.15) is 57.4 Å². The maximum Gasteiger partial charge on any atom is 0.223 e. The van der Waals surface area contributed by atoms with Gasteiger partial charge in [-0.2, -0.15) is 13.8 Å². The van der Waals surface area contributed by atoms with E-state index in [1.165, 1.54) is 49.8 Å². The number of aromatic nitrogens is 1. The molecule has 0 bridgehead atoms. The van der Waals surface area contributed by atoms with Crippen LogP contribution in [-0.2, 0) is 0 Å². The maximum atomic E-state index is 13.8. The highest BCUT2D eigenvalue weighted by Crippen LogP contribution is 2.39. The summed E-state index contributed by atoms with van der Waals surface area (Å²) in [4.78, 5) is 3.26. The molecule has 0 N–H and O–H groups in total. The highest BCUT2D eigenvalue weighted by molar-refractivity contribution is 5.63. The molecule has 2 aromatic rings. The third kappa shape index (κ3) is 3.66. The van der Waals surface area contributed by atoms with Crippen LogP contribution in [0.4, 0.5) is 8.78 Å². The van der Waals surface area contributed by atoms with Crippen LogP contribution in [0.3, 0.4) is 0 Å². The summed E-state index contributed by atoms with van der Waals surface area (Å²) in [5.41, 5.74) is 2.39. The van der Waals surface area contributed by atoms with Gasteiger partial charge >= 0.3 is 0 Å². The Morgan fingerprint density at radius 2 is 1.67 bits per heavy atom. The van der Waals surface area contributed by atoms with Crippen molar-refractivity contribution in [2.75, 3.05) is 0 Å². The molecule has 0 radical (unpaired) electrons. The molecule has 1 aliphatic rings. The van der Waals surface area contributed by atoms with Crippen molar-refractivity contribution in [3.8, 4) is 11.1 Å². The summed E-state index contributed by atoms with van der Waals surface area (Å²) in [5, 5.41) is 0. The molecule has 1 aromatic carbocycles. The monoisotopic (exact) mass is 329 g/mol. The zero-order valence-electron chi connectivity index (χ0n) is 14.4. The van der Waals surface area contributed by atoms with Gasteiger partial charge in [-0.25, -0.2) is 0 Å². The van der Waals surface area contributed by atoms with Crippen molar-refractivity contribution in [1.29, 1.82) is 0 Å². The average molecular weight is 329 g/mol. The molecule has 1 nitrogen and oxygen atoms in total. The summed E-state index contributed by atoms with van der Waals surface area (Å²) < 4.78 is 26.7. The van der Waals surface area contributed by atoms with Gasteiger partial charge in [0.25, 0.3) is 0 Å². The molecular weight excluding hydrogens is 304 g/mol. The lowest BCUT2D eigenvalue weighted by atomic mass is 9.73. The Hall–Kier alpha value is -1.77. The number of hydrogen-bond donors (Lipinski definition) is 0.